The van der Waals surface area contributed by atoms with E-state index in [1.807, 2.05) is 0 Å². The summed E-state index contributed by atoms with van der Waals surface area (Å²) in [6, 6.07) is 0. The first kappa shape index (κ1) is 16.4. The number of nitrogens with zero attached hydrogens (tertiary/aromatic N) is 1. The molecule has 1 aliphatic rings. The Labute approximate surface area is 132 Å². The van der Waals surface area contributed by atoms with Crippen LogP contribution in [0.15, 0.2) is 5.38 Å². The van der Waals surface area contributed by atoms with E-state index in [-0.39, 0.29) is 24.9 Å². The number of aromatic nitrogens is 1. The predicted octanol–water partition coefficient (Wildman–Crippen LogP) is 1.53. The first-order valence-corrected chi connectivity index (χ1v) is 7.94. The average molecular weight is 326 g/mol. The molecule has 7 nitrogen and oxygen atoms in total. The van der Waals surface area contributed by atoms with Gasteiger partial charge in [-0.05, 0) is 12.8 Å². The zero-order valence-corrected chi connectivity index (χ0v) is 13.1. The molecule has 1 amide bonds. The quantitative estimate of drug-likeness (QED) is 0.797. The highest BCUT2D eigenvalue weighted by molar-refractivity contribution is 7.13. The molecular formula is C14H18N2O5S. The molecule has 0 spiro atoms. The molecule has 2 rings (SSSR count). The largest absolute Gasteiger partial charge is 0.469 e. The first-order valence-electron chi connectivity index (χ1n) is 7.06. The summed E-state index contributed by atoms with van der Waals surface area (Å²) in [5.74, 6) is -1.21. The van der Waals surface area contributed by atoms with Crippen molar-refractivity contribution in [3.8, 4) is 0 Å². The van der Waals surface area contributed by atoms with E-state index in [9.17, 15) is 14.4 Å². The molecule has 0 aromatic carbocycles. The third-order valence-corrected chi connectivity index (χ3v) is 4.19. The van der Waals surface area contributed by atoms with Crippen LogP contribution in [-0.2, 0) is 30.3 Å². The van der Waals surface area contributed by atoms with Crippen LogP contribution in [0.5, 0.6) is 0 Å². The molecule has 1 aromatic heterocycles. The molecule has 1 saturated carbocycles. The van der Waals surface area contributed by atoms with E-state index in [0.29, 0.717) is 10.8 Å². The molecule has 0 atom stereocenters. The van der Waals surface area contributed by atoms with E-state index < -0.39 is 11.9 Å². The van der Waals surface area contributed by atoms with Gasteiger partial charge in [0.15, 0.2) is 11.7 Å². The van der Waals surface area contributed by atoms with Gasteiger partial charge in [-0.3, -0.25) is 19.7 Å². The van der Waals surface area contributed by atoms with Gasteiger partial charge in [0, 0.05) is 5.38 Å². The van der Waals surface area contributed by atoms with Gasteiger partial charge in [-0.15, -0.1) is 11.3 Å². The van der Waals surface area contributed by atoms with Crippen LogP contribution in [0.25, 0.3) is 0 Å². The van der Waals surface area contributed by atoms with Crippen LogP contribution in [0.4, 0.5) is 5.13 Å². The van der Waals surface area contributed by atoms with Crippen molar-refractivity contribution in [3.63, 3.8) is 0 Å². The Morgan fingerprint density at radius 1 is 1.36 bits per heavy atom. The van der Waals surface area contributed by atoms with E-state index in [1.165, 1.54) is 18.4 Å². The van der Waals surface area contributed by atoms with Crippen molar-refractivity contribution in [2.75, 3.05) is 19.0 Å². The van der Waals surface area contributed by atoms with Gasteiger partial charge in [0.1, 0.15) is 0 Å². The minimum Gasteiger partial charge on any atom is -0.469 e. The number of carbonyl (C=O) groups is 3. The van der Waals surface area contributed by atoms with Crippen molar-refractivity contribution in [2.45, 2.75) is 32.1 Å². The summed E-state index contributed by atoms with van der Waals surface area (Å²) in [5, 5.41) is 4.56. The van der Waals surface area contributed by atoms with Crippen molar-refractivity contribution in [2.24, 2.45) is 5.92 Å². The fraction of sp³-hybridized carbons (Fsp3) is 0.571. The number of hydrogen-bond donors (Lipinski definition) is 1. The van der Waals surface area contributed by atoms with Crippen LogP contribution in [-0.4, -0.2) is 36.5 Å². The maximum Gasteiger partial charge on any atom is 0.311 e. The van der Waals surface area contributed by atoms with Crippen LogP contribution >= 0.6 is 11.3 Å². The normalized spacial score (nSPS) is 14.6. The van der Waals surface area contributed by atoms with Crippen LogP contribution in [0.1, 0.15) is 31.4 Å². The van der Waals surface area contributed by atoms with E-state index in [2.05, 4.69) is 15.0 Å². The van der Waals surface area contributed by atoms with Crippen LogP contribution in [0.3, 0.4) is 0 Å². The summed E-state index contributed by atoms with van der Waals surface area (Å²) >= 11 is 1.20. The second-order valence-electron chi connectivity index (χ2n) is 5.03. The lowest BCUT2D eigenvalue weighted by atomic mass is 10.1. The van der Waals surface area contributed by atoms with E-state index in [4.69, 9.17) is 4.74 Å². The Bertz CT molecular complexity index is 551. The van der Waals surface area contributed by atoms with Gasteiger partial charge < -0.3 is 9.47 Å². The molecule has 22 heavy (non-hydrogen) atoms. The number of methoxy groups -OCH3 is 1. The molecule has 120 valence electrons. The highest BCUT2D eigenvalue weighted by Crippen LogP contribution is 2.25. The third kappa shape index (κ3) is 4.80. The maximum atomic E-state index is 11.7. The number of nitrogens with one attached hydrogen (secondary N) is 1. The highest BCUT2D eigenvalue weighted by Gasteiger charge is 2.24. The van der Waals surface area contributed by atoms with Gasteiger partial charge in [0.2, 0.25) is 0 Å². The molecule has 1 aromatic rings. The SMILES string of the molecule is COC(=O)Cc1csc(NC(=O)COC(=O)C2CCCC2)n1. The van der Waals surface area contributed by atoms with Gasteiger partial charge in [-0.1, -0.05) is 12.8 Å². The number of hydrogen-bond acceptors (Lipinski definition) is 7. The third-order valence-electron chi connectivity index (χ3n) is 3.39. The Hall–Kier alpha value is -1.96. The fourth-order valence-corrected chi connectivity index (χ4v) is 2.96. The molecular weight excluding hydrogens is 308 g/mol. The van der Waals surface area contributed by atoms with Gasteiger partial charge in [0.05, 0.1) is 25.1 Å². The van der Waals surface area contributed by atoms with Crippen molar-refractivity contribution < 1.29 is 23.9 Å². The topological polar surface area (TPSA) is 94.6 Å². The summed E-state index contributed by atoms with van der Waals surface area (Å²) in [6.45, 7) is -0.318. The molecule has 0 unspecified atom stereocenters. The van der Waals surface area contributed by atoms with E-state index >= 15 is 0 Å². The second-order valence-corrected chi connectivity index (χ2v) is 5.89. The average Bonchev–Trinajstić information content (AvgIpc) is 3.16. The summed E-state index contributed by atoms with van der Waals surface area (Å²) in [6.07, 6.45) is 3.80. The number of amides is 1. The second kappa shape index (κ2) is 7.88. The van der Waals surface area contributed by atoms with Crippen LogP contribution < -0.4 is 5.32 Å². The number of carbonyl (C=O) groups excluding carboxylic acids is 3. The molecule has 1 N–H and O–H groups in total. The maximum absolute atomic E-state index is 11.7. The minimum atomic E-state index is -0.440. The minimum absolute atomic E-state index is 0.0551. The smallest absolute Gasteiger partial charge is 0.311 e. The predicted molar refractivity (Wildman–Crippen MR) is 79.4 cm³/mol. The van der Waals surface area contributed by atoms with E-state index in [0.717, 1.165) is 25.7 Å². The number of thiazole rings is 1. The zero-order valence-electron chi connectivity index (χ0n) is 12.3. The Morgan fingerprint density at radius 3 is 2.77 bits per heavy atom. The van der Waals surface area contributed by atoms with Crippen molar-refractivity contribution >= 4 is 34.3 Å². The van der Waals surface area contributed by atoms with Crippen molar-refractivity contribution in [1.29, 1.82) is 0 Å². The van der Waals surface area contributed by atoms with Crippen molar-refractivity contribution in [1.82, 2.24) is 4.98 Å². The lowest BCUT2D eigenvalue weighted by Crippen LogP contribution is -2.23. The Morgan fingerprint density at radius 2 is 2.09 bits per heavy atom. The lowest BCUT2D eigenvalue weighted by molar-refractivity contribution is -0.151. The summed E-state index contributed by atoms with van der Waals surface area (Å²) in [4.78, 5) is 38.6. The zero-order chi connectivity index (χ0) is 15.9. The Balaban J connectivity index is 1.74. The molecule has 0 bridgehead atoms. The number of esters is 2. The van der Waals surface area contributed by atoms with Crippen LogP contribution in [0, 0.1) is 5.92 Å². The standard InChI is InChI=1S/C14H18N2O5S/c1-20-12(18)6-10-8-22-14(15-10)16-11(17)7-21-13(19)9-4-2-3-5-9/h8-9H,2-7H2,1H3,(H,15,16,17). The molecule has 0 aliphatic heterocycles. The van der Waals surface area contributed by atoms with Gasteiger partial charge in [0.25, 0.3) is 5.91 Å². The fourth-order valence-electron chi connectivity index (χ4n) is 2.24. The molecule has 0 saturated heterocycles. The summed E-state index contributed by atoms with van der Waals surface area (Å²) < 4.78 is 9.54. The molecule has 0 radical (unpaired) electrons. The number of anilines is 1. The number of ether oxygens (including phenoxy) is 2. The molecule has 1 aliphatic carbocycles. The van der Waals surface area contributed by atoms with E-state index in [1.54, 1.807) is 5.38 Å². The summed E-state index contributed by atoms with van der Waals surface area (Å²) in [7, 11) is 1.30. The molecule has 8 heteroatoms. The van der Waals surface area contributed by atoms with Crippen molar-refractivity contribution in [3.05, 3.63) is 11.1 Å². The lowest BCUT2D eigenvalue weighted by Gasteiger charge is -2.08. The highest BCUT2D eigenvalue weighted by atomic mass is 32.1. The monoisotopic (exact) mass is 326 g/mol. The van der Waals surface area contributed by atoms with Gasteiger partial charge >= 0.3 is 11.9 Å². The molecule has 1 heterocycles. The van der Waals surface area contributed by atoms with Gasteiger partial charge in [-0.2, -0.15) is 0 Å². The summed E-state index contributed by atoms with van der Waals surface area (Å²) in [5.41, 5.74) is 0.523. The Kier molecular flexibility index (Phi) is 5.88. The van der Waals surface area contributed by atoms with Crippen LogP contribution in [0.2, 0.25) is 0 Å². The molecule has 1 fully saturated rings. The number of rotatable bonds is 6. The first-order chi connectivity index (χ1) is 10.6. The van der Waals surface area contributed by atoms with Gasteiger partial charge in [-0.25, -0.2) is 4.98 Å².